The number of nitrogens with zero attached hydrogens (tertiary/aromatic N) is 4. The predicted molar refractivity (Wildman–Crippen MR) is 78.8 cm³/mol. The van der Waals surface area contributed by atoms with E-state index >= 15 is 0 Å². The van der Waals surface area contributed by atoms with E-state index < -0.39 is 0 Å². The summed E-state index contributed by atoms with van der Waals surface area (Å²) in [6.45, 7) is 2.24. The van der Waals surface area contributed by atoms with E-state index in [1.54, 1.807) is 12.3 Å². The van der Waals surface area contributed by atoms with E-state index in [9.17, 15) is 0 Å². The highest BCUT2D eigenvalue weighted by Crippen LogP contribution is 2.15. The monoisotopic (exact) mass is 301 g/mol. The van der Waals surface area contributed by atoms with Crippen molar-refractivity contribution in [1.29, 1.82) is 0 Å². The summed E-state index contributed by atoms with van der Waals surface area (Å²) >= 11 is 5.83. The molecule has 7 heteroatoms. The third-order valence-corrected chi connectivity index (χ3v) is 3.01. The molecule has 0 atom stereocenters. The molecule has 0 spiro atoms. The molecule has 0 aliphatic heterocycles. The van der Waals surface area contributed by atoms with E-state index in [1.165, 1.54) is 0 Å². The Bertz CT molecular complexity index is 741. The summed E-state index contributed by atoms with van der Waals surface area (Å²) < 4.78 is 5.19. The van der Waals surface area contributed by atoms with Gasteiger partial charge in [-0.1, -0.05) is 16.8 Å². The SMILES string of the molecule is Cc1nccc(-c2noc(CNc3ccc(Cl)cc3)n2)n1. The molecule has 0 saturated heterocycles. The third-order valence-electron chi connectivity index (χ3n) is 2.76. The van der Waals surface area contributed by atoms with Gasteiger partial charge in [0.05, 0.1) is 6.54 Å². The first kappa shape index (κ1) is 13.5. The maximum absolute atomic E-state index is 5.83. The van der Waals surface area contributed by atoms with Crippen molar-refractivity contribution < 1.29 is 4.52 Å². The van der Waals surface area contributed by atoms with Gasteiger partial charge in [-0.15, -0.1) is 0 Å². The van der Waals surface area contributed by atoms with Crippen LogP contribution in [-0.2, 0) is 6.54 Å². The number of rotatable bonds is 4. The summed E-state index contributed by atoms with van der Waals surface area (Å²) in [5, 5.41) is 7.79. The lowest BCUT2D eigenvalue weighted by Crippen LogP contribution is -1.99. The standard InChI is InChI=1S/C14H12ClN5O/c1-9-16-7-6-12(18-9)14-19-13(21-20-14)8-17-11-4-2-10(15)3-5-11/h2-7,17H,8H2,1H3. The number of benzene rings is 1. The summed E-state index contributed by atoms with van der Waals surface area (Å²) in [6, 6.07) is 9.13. The third kappa shape index (κ3) is 3.35. The van der Waals surface area contributed by atoms with E-state index in [0.717, 1.165) is 5.69 Å². The van der Waals surface area contributed by atoms with Gasteiger partial charge in [0, 0.05) is 16.9 Å². The molecule has 3 rings (SSSR count). The number of hydrogen-bond acceptors (Lipinski definition) is 6. The number of aryl methyl sites for hydroxylation is 1. The molecule has 6 nitrogen and oxygen atoms in total. The maximum atomic E-state index is 5.83. The van der Waals surface area contributed by atoms with Crippen molar-refractivity contribution in [3.63, 3.8) is 0 Å². The minimum absolute atomic E-state index is 0.429. The van der Waals surface area contributed by atoms with Crippen LogP contribution in [0.5, 0.6) is 0 Å². The molecule has 2 aromatic heterocycles. The lowest BCUT2D eigenvalue weighted by molar-refractivity contribution is 0.384. The highest BCUT2D eigenvalue weighted by Gasteiger charge is 2.09. The molecule has 0 fully saturated rings. The quantitative estimate of drug-likeness (QED) is 0.798. The van der Waals surface area contributed by atoms with E-state index in [1.807, 2.05) is 31.2 Å². The molecule has 0 unspecified atom stereocenters. The number of anilines is 1. The number of nitrogens with one attached hydrogen (secondary N) is 1. The van der Waals surface area contributed by atoms with Crippen molar-refractivity contribution in [2.24, 2.45) is 0 Å². The van der Waals surface area contributed by atoms with Crippen LogP contribution in [0.3, 0.4) is 0 Å². The molecule has 0 aliphatic rings. The first-order chi connectivity index (χ1) is 10.2. The van der Waals surface area contributed by atoms with Crippen LogP contribution in [0.25, 0.3) is 11.5 Å². The minimum Gasteiger partial charge on any atom is -0.376 e. The van der Waals surface area contributed by atoms with Crippen LogP contribution in [0.1, 0.15) is 11.7 Å². The molecule has 0 bridgehead atoms. The summed E-state index contributed by atoms with van der Waals surface area (Å²) in [5.41, 5.74) is 1.57. The highest BCUT2D eigenvalue weighted by atomic mass is 35.5. The van der Waals surface area contributed by atoms with E-state index in [-0.39, 0.29) is 0 Å². The lowest BCUT2D eigenvalue weighted by Gasteiger charge is -2.02. The Morgan fingerprint density at radius 1 is 1.14 bits per heavy atom. The van der Waals surface area contributed by atoms with E-state index in [0.29, 0.717) is 34.8 Å². The van der Waals surface area contributed by atoms with Gasteiger partial charge in [0.2, 0.25) is 11.7 Å². The second-order valence-corrected chi connectivity index (χ2v) is 4.80. The molecule has 1 aromatic carbocycles. The second-order valence-electron chi connectivity index (χ2n) is 4.36. The number of halogens is 1. The maximum Gasteiger partial charge on any atom is 0.246 e. The molecular weight excluding hydrogens is 290 g/mol. The lowest BCUT2D eigenvalue weighted by atomic mass is 10.3. The summed E-state index contributed by atoms with van der Waals surface area (Å²) in [6.07, 6.45) is 1.67. The Morgan fingerprint density at radius 3 is 2.71 bits per heavy atom. The van der Waals surface area contributed by atoms with Crippen molar-refractivity contribution in [2.75, 3.05) is 5.32 Å². The van der Waals surface area contributed by atoms with Gasteiger partial charge in [0.25, 0.3) is 0 Å². The van der Waals surface area contributed by atoms with Gasteiger partial charge in [0.15, 0.2) is 0 Å². The molecule has 106 valence electrons. The molecule has 0 radical (unpaired) electrons. The van der Waals surface area contributed by atoms with Crippen LogP contribution < -0.4 is 5.32 Å². The van der Waals surface area contributed by atoms with Gasteiger partial charge < -0.3 is 9.84 Å². The summed E-state index contributed by atoms with van der Waals surface area (Å²) in [5.74, 6) is 1.60. The van der Waals surface area contributed by atoms with Crippen LogP contribution >= 0.6 is 11.6 Å². The van der Waals surface area contributed by atoms with Crippen LogP contribution in [0.15, 0.2) is 41.1 Å². The number of hydrogen-bond donors (Lipinski definition) is 1. The first-order valence-electron chi connectivity index (χ1n) is 6.33. The second kappa shape index (κ2) is 5.88. The van der Waals surface area contributed by atoms with Crippen molar-refractivity contribution in [1.82, 2.24) is 20.1 Å². The van der Waals surface area contributed by atoms with Crippen molar-refractivity contribution in [3.8, 4) is 11.5 Å². The molecule has 0 aliphatic carbocycles. The Labute approximate surface area is 126 Å². The zero-order valence-electron chi connectivity index (χ0n) is 11.2. The molecule has 0 amide bonds. The van der Waals surface area contributed by atoms with Gasteiger partial charge >= 0.3 is 0 Å². The predicted octanol–water partition coefficient (Wildman–Crippen LogP) is 3.10. The molecule has 3 aromatic rings. The summed E-state index contributed by atoms with van der Waals surface area (Å²) in [7, 11) is 0. The van der Waals surface area contributed by atoms with Crippen LogP contribution in [0, 0.1) is 6.92 Å². The average Bonchev–Trinajstić information content (AvgIpc) is 2.96. The van der Waals surface area contributed by atoms with Gasteiger partial charge in [-0.25, -0.2) is 9.97 Å². The van der Waals surface area contributed by atoms with Crippen LogP contribution in [-0.4, -0.2) is 20.1 Å². The topological polar surface area (TPSA) is 76.7 Å². The van der Waals surface area contributed by atoms with Gasteiger partial charge in [0.1, 0.15) is 11.5 Å². The summed E-state index contributed by atoms with van der Waals surface area (Å²) in [4.78, 5) is 12.6. The van der Waals surface area contributed by atoms with E-state index in [4.69, 9.17) is 16.1 Å². The molecule has 2 heterocycles. The minimum atomic E-state index is 0.429. The fourth-order valence-corrected chi connectivity index (χ4v) is 1.88. The fraction of sp³-hybridized carbons (Fsp3) is 0.143. The molecule has 21 heavy (non-hydrogen) atoms. The fourth-order valence-electron chi connectivity index (χ4n) is 1.76. The van der Waals surface area contributed by atoms with Crippen LogP contribution in [0.2, 0.25) is 5.02 Å². The normalized spacial score (nSPS) is 10.6. The zero-order chi connectivity index (χ0) is 14.7. The van der Waals surface area contributed by atoms with Crippen molar-refractivity contribution in [2.45, 2.75) is 13.5 Å². The Morgan fingerprint density at radius 2 is 1.95 bits per heavy atom. The molecule has 1 N–H and O–H groups in total. The number of aromatic nitrogens is 4. The largest absolute Gasteiger partial charge is 0.376 e. The average molecular weight is 302 g/mol. The Kier molecular flexibility index (Phi) is 3.79. The van der Waals surface area contributed by atoms with Gasteiger partial charge in [-0.2, -0.15) is 4.98 Å². The molecular formula is C14H12ClN5O. The van der Waals surface area contributed by atoms with E-state index in [2.05, 4.69) is 25.4 Å². The zero-order valence-corrected chi connectivity index (χ0v) is 12.0. The first-order valence-corrected chi connectivity index (χ1v) is 6.70. The van der Waals surface area contributed by atoms with Gasteiger partial charge in [-0.05, 0) is 37.3 Å². The smallest absolute Gasteiger partial charge is 0.246 e. The highest BCUT2D eigenvalue weighted by molar-refractivity contribution is 6.30. The van der Waals surface area contributed by atoms with Crippen molar-refractivity contribution in [3.05, 3.63) is 53.3 Å². The Hall–Kier alpha value is -2.47. The van der Waals surface area contributed by atoms with Crippen LogP contribution in [0.4, 0.5) is 5.69 Å². The van der Waals surface area contributed by atoms with Gasteiger partial charge in [-0.3, -0.25) is 0 Å². The Balaban J connectivity index is 1.69. The van der Waals surface area contributed by atoms with Crippen molar-refractivity contribution >= 4 is 17.3 Å². The molecule has 0 saturated carbocycles.